The Morgan fingerprint density at radius 1 is 0.893 bits per heavy atom. The molecule has 0 aliphatic heterocycles. The van der Waals surface area contributed by atoms with Crippen LogP contribution < -0.4 is 21.7 Å². The van der Waals surface area contributed by atoms with E-state index in [9.17, 15) is 24.3 Å². The molecule has 0 aromatic rings. The van der Waals surface area contributed by atoms with Crippen LogP contribution in [0.4, 0.5) is 0 Å². The van der Waals surface area contributed by atoms with Crippen molar-refractivity contribution < 1.29 is 24.3 Å². The van der Waals surface area contributed by atoms with Crippen LogP contribution in [-0.4, -0.2) is 58.7 Å². The minimum atomic E-state index is -1.14. The van der Waals surface area contributed by atoms with Crippen LogP contribution in [0, 0.1) is 11.8 Å². The smallest absolute Gasteiger partial charge is 0.326 e. The second-order valence-electron chi connectivity index (χ2n) is 7.10. The van der Waals surface area contributed by atoms with E-state index >= 15 is 0 Å². The van der Waals surface area contributed by atoms with Crippen molar-refractivity contribution >= 4 is 36.3 Å². The zero-order valence-corrected chi connectivity index (χ0v) is 18.1. The summed E-state index contributed by atoms with van der Waals surface area (Å²) in [6, 6.07) is -3.76. The molecule has 0 fully saturated rings. The Hall–Kier alpha value is -1.81. The fourth-order valence-electron chi connectivity index (χ4n) is 2.32. The normalized spacial score (nSPS) is 17.4. The van der Waals surface area contributed by atoms with Crippen LogP contribution in [0.2, 0.25) is 0 Å². The number of nitrogens with one attached hydrogen (secondary N) is 3. The molecule has 0 aliphatic rings. The average Bonchev–Trinajstić information content (AvgIpc) is 2.67. The van der Waals surface area contributed by atoms with Crippen LogP contribution in [0.25, 0.3) is 0 Å². The van der Waals surface area contributed by atoms with Gasteiger partial charge in [-0.15, -0.1) is 0 Å². The van der Waals surface area contributed by atoms with E-state index in [2.05, 4.69) is 28.6 Å². The second kappa shape index (κ2) is 12.6. The predicted molar refractivity (Wildman–Crippen MR) is 110 cm³/mol. The number of carboxylic acids is 1. The van der Waals surface area contributed by atoms with Gasteiger partial charge in [0.25, 0.3) is 0 Å². The van der Waals surface area contributed by atoms with Gasteiger partial charge in [0.1, 0.15) is 18.1 Å². The maximum Gasteiger partial charge on any atom is 0.326 e. The first-order valence-corrected chi connectivity index (χ1v) is 10.1. The number of carboxylic acid groups (broad SMARTS) is 1. The van der Waals surface area contributed by atoms with E-state index < -0.39 is 47.9 Å². The molecule has 0 rings (SSSR count). The fourth-order valence-corrected chi connectivity index (χ4v) is 2.57. The summed E-state index contributed by atoms with van der Waals surface area (Å²) in [7, 11) is 0. The van der Waals surface area contributed by atoms with Crippen molar-refractivity contribution in [2.45, 2.75) is 71.6 Å². The first-order chi connectivity index (χ1) is 13.0. The van der Waals surface area contributed by atoms with Crippen LogP contribution in [0.1, 0.15) is 47.5 Å². The molecule has 0 saturated heterocycles. The Labute approximate surface area is 172 Å². The SMILES string of the molecule is CCC(C)C(N)C(=O)NC(CS)C(=O)NC(C)C(=O)NC(C(=O)O)C(C)CC. The highest BCUT2D eigenvalue weighted by molar-refractivity contribution is 7.80. The Morgan fingerprint density at radius 2 is 1.43 bits per heavy atom. The first kappa shape index (κ1) is 26.2. The van der Waals surface area contributed by atoms with E-state index in [4.69, 9.17) is 5.73 Å². The number of rotatable bonds is 12. The lowest BCUT2D eigenvalue weighted by Crippen LogP contribution is -2.58. The van der Waals surface area contributed by atoms with Gasteiger partial charge < -0.3 is 26.8 Å². The number of carbonyl (C=O) groups excluding carboxylic acids is 3. The third-order valence-electron chi connectivity index (χ3n) is 4.90. The molecule has 3 amide bonds. The number of aliphatic carboxylic acids is 1. The molecule has 0 aliphatic carbocycles. The molecule has 0 aromatic carbocycles. The largest absolute Gasteiger partial charge is 0.480 e. The van der Waals surface area contributed by atoms with E-state index in [-0.39, 0.29) is 17.6 Å². The number of nitrogens with two attached hydrogens (primary N) is 1. The van der Waals surface area contributed by atoms with Crippen molar-refractivity contribution in [3.8, 4) is 0 Å². The van der Waals surface area contributed by atoms with Gasteiger partial charge in [-0.3, -0.25) is 14.4 Å². The van der Waals surface area contributed by atoms with Gasteiger partial charge in [0.15, 0.2) is 0 Å². The Balaban J connectivity index is 4.89. The third kappa shape index (κ3) is 8.05. The molecule has 0 radical (unpaired) electrons. The van der Waals surface area contributed by atoms with Crippen LogP contribution in [0.15, 0.2) is 0 Å². The monoisotopic (exact) mass is 418 g/mol. The van der Waals surface area contributed by atoms with E-state index in [1.54, 1.807) is 6.92 Å². The van der Waals surface area contributed by atoms with Gasteiger partial charge in [0.2, 0.25) is 17.7 Å². The summed E-state index contributed by atoms with van der Waals surface area (Å²) in [6.45, 7) is 8.72. The van der Waals surface area contributed by atoms with E-state index in [0.29, 0.717) is 12.8 Å². The van der Waals surface area contributed by atoms with Crippen molar-refractivity contribution in [2.24, 2.45) is 17.6 Å². The van der Waals surface area contributed by atoms with Crippen molar-refractivity contribution in [1.82, 2.24) is 16.0 Å². The topological polar surface area (TPSA) is 151 Å². The zero-order chi connectivity index (χ0) is 22.0. The molecular weight excluding hydrogens is 384 g/mol. The quantitative estimate of drug-likeness (QED) is 0.244. The van der Waals surface area contributed by atoms with Gasteiger partial charge in [0, 0.05) is 5.75 Å². The standard InChI is InChI=1S/C18H34N4O5S/c1-6-9(3)13(19)17(25)21-12(8-28)16(24)20-11(5)15(23)22-14(18(26)27)10(4)7-2/h9-14,28H,6-8,19H2,1-5H3,(H,20,24)(H,21,25)(H,22,23)(H,26,27). The van der Waals surface area contributed by atoms with Gasteiger partial charge in [-0.05, 0) is 18.8 Å². The van der Waals surface area contributed by atoms with Crippen molar-refractivity contribution in [3.63, 3.8) is 0 Å². The van der Waals surface area contributed by atoms with Crippen LogP contribution in [0.5, 0.6) is 0 Å². The maximum absolute atomic E-state index is 12.4. The molecular formula is C18H34N4O5S. The number of thiol groups is 1. The van der Waals surface area contributed by atoms with Gasteiger partial charge in [-0.1, -0.05) is 40.5 Å². The molecule has 6 N–H and O–H groups in total. The zero-order valence-electron chi connectivity index (χ0n) is 17.2. The molecule has 162 valence electrons. The first-order valence-electron chi connectivity index (χ1n) is 9.50. The number of hydrogen-bond donors (Lipinski definition) is 6. The van der Waals surface area contributed by atoms with Crippen LogP contribution >= 0.6 is 12.6 Å². The molecule has 0 spiro atoms. The molecule has 0 saturated carbocycles. The Morgan fingerprint density at radius 3 is 1.86 bits per heavy atom. The molecule has 28 heavy (non-hydrogen) atoms. The van der Waals surface area contributed by atoms with E-state index in [1.165, 1.54) is 6.92 Å². The molecule has 0 heterocycles. The lowest BCUT2D eigenvalue weighted by atomic mass is 9.99. The minimum absolute atomic E-state index is 0.0176. The van der Waals surface area contributed by atoms with Gasteiger partial charge in [-0.25, -0.2) is 4.79 Å². The van der Waals surface area contributed by atoms with Gasteiger partial charge in [0.05, 0.1) is 6.04 Å². The van der Waals surface area contributed by atoms with Crippen molar-refractivity contribution in [1.29, 1.82) is 0 Å². The summed E-state index contributed by atoms with van der Waals surface area (Å²) in [6.07, 6.45) is 1.28. The Kier molecular flexibility index (Phi) is 11.8. The molecule has 6 atom stereocenters. The summed E-state index contributed by atoms with van der Waals surface area (Å²) >= 11 is 4.07. The third-order valence-corrected chi connectivity index (χ3v) is 5.27. The highest BCUT2D eigenvalue weighted by atomic mass is 32.1. The second-order valence-corrected chi connectivity index (χ2v) is 7.46. The lowest BCUT2D eigenvalue weighted by Gasteiger charge is -2.25. The lowest BCUT2D eigenvalue weighted by molar-refractivity contribution is -0.143. The fraction of sp³-hybridized carbons (Fsp3) is 0.778. The summed E-state index contributed by atoms with van der Waals surface area (Å²) in [4.78, 5) is 48.2. The molecule has 10 heteroatoms. The molecule has 6 unspecified atom stereocenters. The highest BCUT2D eigenvalue weighted by Gasteiger charge is 2.30. The molecule has 9 nitrogen and oxygen atoms in total. The summed E-state index contributed by atoms with van der Waals surface area (Å²) < 4.78 is 0. The van der Waals surface area contributed by atoms with Crippen molar-refractivity contribution in [3.05, 3.63) is 0 Å². The highest BCUT2D eigenvalue weighted by Crippen LogP contribution is 2.08. The number of hydrogen-bond acceptors (Lipinski definition) is 6. The molecule has 0 aromatic heterocycles. The van der Waals surface area contributed by atoms with Gasteiger partial charge in [-0.2, -0.15) is 12.6 Å². The predicted octanol–water partition coefficient (Wildman–Crippen LogP) is -0.105. The molecule has 0 bridgehead atoms. The van der Waals surface area contributed by atoms with E-state index in [0.717, 1.165) is 0 Å². The van der Waals surface area contributed by atoms with Gasteiger partial charge >= 0.3 is 5.97 Å². The van der Waals surface area contributed by atoms with E-state index in [1.807, 2.05) is 20.8 Å². The number of amides is 3. The minimum Gasteiger partial charge on any atom is -0.480 e. The number of carbonyl (C=O) groups is 4. The average molecular weight is 419 g/mol. The van der Waals surface area contributed by atoms with Crippen molar-refractivity contribution in [2.75, 3.05) is 5.75 Å². The van der Waals surface area contributed by atoms with Crippen LogP contribution in [0.3, 0.4) is 0 Å². The summed E-state index contributed by atoms with van der Waals surface area (Å²) in [5.74, 6) is -3.13. The summed E-state index contributed by atoms with van der Waals surface area (Å²) in [5, 5.41) is 16.7. The maximum atomic E-state index is 12.4. The summed E-state index contributed by atoms with van der Waals surface area (Å²) in [5.41, 5.74) is 5.86. The Bertz CT molecular complexity index is 560. The van der Waals surface area contributed by atoms with Crippen LogP contribution in [-0.2, 0) is 19.2 Å².